The van der Waals surface area contributed by atoms with Gasteiger partial charge in [-0.3, -0.25) is 9.89 Å². The Balaban J connectivity index is 1.08. The zero-order chi connectivity index (χ0) is 24.7. The summed E-state index contributed by atoms with van der Waals surface area (Å²) in [5.41, 5.74) is 4.01. The molecule has 1 amide bonds. The molecule has 0 unspecified atom stereocenters. The molecule has 1 aliphatic carbocycles. The second-order valence-electron chi connectivity index (χ2n) is 9.15. The number of hydrogen-bond acceptors (Lipinski definition) is 7. The molecule has 186 valence electrons. The third-order valence-corrected chi connectivity index (χ3v) is 6.05. The van der Waals surface area contributed by atoms with Gasteiger partial charge in [0.1, 0.15) is 5.82 Å². The Morgan fingerprint density at radius 2 is 1.97 bits per heavy atom. The van der Waals surface area contributed by atoms with E-state index >= 15 is 0 Å². The SMILES string of the molecule is Cc1cc(Nc2cc(C3CC3)[nH]n2)nc(Nc2ccc(CCC(=O)NCCCn3ccnc3)cc2)n1. The van der Waals surface area contributed by atoms with Crippen LogP contribution in [0.4, 0.5) is 23.3 Å². The Bertz CT molecular complexity index is 1280. The molecule has 0 radical (unpaired) electrons. The third kappa shape index (κ3) is 6.68. The molecule has 4 N–H and O–H groups in total. The fourth-order valence-corrected chi connectivity index (χ4v) is 3.96. The number of carbonyl (C=O) groups excluding carboxylic acids is 1. The highest BCUT2D eigenvalue weighted by molar-refractivity contribution is 5.76. The second kappa shape index (κ2) is 11.0. The molecule has 1 aliphatic rings. The lowest BCUT2D eigenvalue weighted by Crippen LogP contribution is -2.25. The molecule has 0 saturated heterocycles. The molecule has 0 bridgehead atoms. The minimum absolute atomic E-state index is 0.0668. The van der Waals surface area contributed by atoms with Crippen LogP contribution < -0.4 is 16.0 Å². The highest BCUT2D eigenvalue weighted by Crippen LogP contribution is 2.39. The maximum atomic E-state index is 12.1. The molecular weight excluding hydrogens is 454 g/mol. The fourth-order valence-electron chi connectivity index (χ4n) is 3.96. The van der Waals surface area contributed by atoms with Crippen molar-refractivity contribution in [1.29, 1.82) is 0 Å². The van der Waals surface area contributed by atoms with Gasteiger partial charge in [0, 0.05) is 67.0 Å². The normalized spacial score (nSPS) is 12.9. The second-order valence-corrected chi connectivity index (χ2v) is 9.15. The molecule has 0 spiro atoms. The lowest BCUT2D eigenvalue weighted by Gasteiger charge is -2.10. The lowest BCUT2D eigenvalue weighted by molar-refractivity contribution is -0.121. The van der Waals surface area contributed by atoms with Crippen LogP contribution >= 0.6 is 0 Å². The number of aryl methyl sites for hydroxylation is 3. The van der Waals surface area contributed by atoms with E-state index in [9.17, 15) is 4.79 Å². The highest BCUT2D eigenvalue weighted by Gasteiger charge is 2.25. The Kier molecular flexibility index (Phi) is 7.20. The van der Waals surface area contributed by atoms with Gasteiger partial charge >= 0.3 is 0 Å². The van der Waals surface area contributed by atoms with E-state index in [1.54, 1.807) is 12.5 Å². The van der Waals surface area contributed by atoms with Gasteiger partial charge < -0.3 is 20.5 Å². The monoisotopic (exact) mass is 485 g/mol. The van der Waals surface area contributed by atoms with E-state index in [-0.39, 0.29) is 5.91 Å². The van der Waals surface area contributed by atoms with Gasteiger partial charge in [0.2, 0.25) is 11.9 Å². The molecule has 10 heteroatoms. The van der Waals surface area contributed by atoms with Crippen LogP contribution in [0.25, 0.3) is 0 Å². The van der Waals surface area contributed by atoms with Crippen molar-refractivity contribution >= 4 is 29.2 Å². The van der Waals surface area contributed by atoms with Crippen LogP contribution in [0.5, 0.6) is 0 Å². The van der Waals surface area contributed by atoms with E-state index in [4.69, 9.17) is 0 Å². The molecule has 1 fully saturated rings. The van der Waals surface area contributed by atoms with Crippen molar-refractivity contribution in [1.82, 2.24) is 35.0 Å². The predicted molar refractivity (Wildman–Crippen MR) is 139 cm³/mol. The number of nitrogens with zero attached hydrogens (tertiary/aromatic N) is 5. The number of aromatic nitrogens is 6. The average molecular weight is 486 g/mol. The zero-order valence-corrected chi connectivity index (χ0v) is 20.4. The van der Waals surface area contributed by atoms with Gasteiger partial charge in [0.05, 0.1) is 6.33 Å². The first-order valence-corrected chi connectivity index (χ1v) is 12.4. The molecule has 36 heavy (non-hydrogen) atoms. The summed E-state index contributed by atoms with van der Waals surface area (Å²) in [6, 6.07) is 11.9. The number of benzene rings is 1. The minimum Gasteiger partial charge on any atom is -0.356 e. The molecule has 0 atom stereocenters. The van der Waals surface area contributed by atoms with Crippen LogP contribution in [0.1, 0.15) is 48.6 Å². The third-order valence-electron chi connectivity index (χ3n) is 6.05. The Morgan fingerprint density at radius 1 is 1.11 bits per heavy atom. The molecule has 3 aromatic heterocycles. The number of aromatic amines is 1. The number of anilines is 4. The Hall–Kier alpha value is -4.21. The van der Waals surface area contributed by atoms with Crippen LogP contribution in [-0.2, 0) is 17.8 Å². The number of rotatable bonds is 12. The molecule has 1 aromatic carbocycles. The first-order valence-electron chi connectivity index (χ1n) is 12.4. The van der Waals surface area contributed by atoms with E-state index in [0.717, 1.165) is 35.7 Å². The van der Waals surface area contributed by atoms with Crippen molar-refractivity contribution in [3.63, 3.8) is 0 Å². The number of H-pyrrole nitrogens is 1. The zero-order valence-electron chi connectivity index (χ0n) is 20.4. The summed E-state index contributed by atoms with van der Waals surface area (Å²) < 4.78 is 2.00. The van der Waals surface area contributed by atoms with Gasteiger partial charge in [-0.1, -0.05) is 12.1 Å². The van der Waals surface area contributed by atoms with Crippen molar-refractivity contribution in [2.75, 3.05) is 17.2 Å². The molecule has 10 nitrogen and oxygen atoms in total. The van der Waals surface area contributed by atoms with Gasteiger partial charge in [0.15, 0.2) is 5.82 Å². The Morgan fingerprint density at radius 3 is 2.75 bits per heavy atom. The summed E-state index contributed by atoms with van der Waals surface area (Å²) >= 11 is 0. The summed E-state index contributed by atoms with van der Waals surface area (Å²) in [6.07, 6.45) is 9.94. The number of carbonyl (C=O) groups is 1. The summed E-state index contributed by atoms with van der Waals surface area (Å²) in [5, 5.41) is 16.9. The average Bonchev–Trinajstić information content (AvgIpc) is 3.38. The van der Waals surface area contributed by atoms with Crippen LogP contribution in [-0.4, -0.2) is 42.2 Å². The molecular formula is C26H31N9O. The summed E-state index contributed by atoms with van der Waals surface area (Å²) in [7, 11) is 0. The number of amides is 1. The summed E-state index contributed by atoms with van der Waals surface area (Å²) in [4.78, 5) is 25.2. The van der Waals surface area contributed by atoms with Gasteiger partial charge in [-0.05, 0) is 50.3 Å². The first kappa shape index (κ1) is 23.5. The first-order chi connectivity index (χ1) is 17.6. The molecule has 3 heterocycles. The largest absolute Gasteiger partial charge is 0.356 e. The van der Waals surface area contributed by atoms with Crippen molar-refractivity contribution in [2.24, 2.45) is 0 Å². The van der Waals surface area contributed by atoms with Crippen LogP contribution in [0.2, 0.25) is 0 Å². The number of hydrogen-bond donors (Lipinski definition) is 4. The van der Waals surface area contributed by atoms with E-state index < -0.39 is 0 Å². The van der Waals surface area contributed by atoms with Crippen LogP contribution in [0.3, 0.4) is 0 Å². The molecule has 4 aromatic rings. The van der Waals surface area contributed by atoms with E-state index in [2.05, 4.69) is 41.1 Å². The molecule has 1 saturated carbocycles. The number of imidazole rings is 1. The van der Waals surface area contributed by atoms with Gasteiger partial charge in [-0.25, -0.2) is 9.97 Å². The van der Waals surface area contributed by atoms with Crippen molar-refractivity contribution in [3.05, 3.63) is 72.1 Å². The fraction of sp³-hybridized carbons (Fsp3) is 0.346. The quantitative estimate of drug-likeness (QED) is 0.222. The van der Waals surface area contributed by atoms with Crippen LogP contribution in [0.15, 0.2) is 55.1 Å². The lowest BCUT2D eigenvalue weighted by atomic mass is 10.1. The number of nitrogens with one attached hydrogen (secondary N) is 4. The van der Waals surface area contributed by atoms with E-state index in [1.165, 1.54) is 18.5 Å². The van der Waals surface area contributed by atoms with Gasteiger partial charge in [-0.2, -0.15) is 10.1 Å². The standard InChI is InChI=1S/C26H31N9O/c1-18-15-23(31-24-16-22(33-34-24)20-6-7-20)32-26(29-18)30-21-8-3-19(4-9-21)5-10-25(36)28-11-2-13-35-14-12-27-17-35/h3-4,8-9,12,14-17,20H,2,5-7,10-11,13H2,1H3,(H,28,36)(H3,29,30,31,32,33,34). The van der Waals surface area contributed by atoms with Crippen molar-refractivity contribution < 1.29 is 4.79 Å². The summed E-state index contributed by atoms with van der Waals surface area (Å²) in [6.45, 7) is 3.44. The van der Waals surface area contributed by atoms with Crippen molar-refractivity contribution in [3.8, 4) is 0 Å². The molecule has 5 rings (SSSR count). The minimum atomic E-state index is 0.0668. The maximum absolute atomic E-state index is 12.1. The maximum Gasteiger partial charge on any atom is 0.229 e. The highest BCUT2D eigenvalue weighted by atomic mass is 16.1. The van der Waals surface area contributed by atoms with Crippen LogP contribution in [0, 0.1) is 6.92 Å². The van der Waals surface area contributed by atoms with E-state index in [1.807, 2.05) is 54.1 Å². The van der Waals surface area contributed by atoms with E-state index in [0.29, 0.717) is 37.1 Å². The topological polar surface area (TPSA) is 125 Å². The van der Waals surface area contributed by atoms with Crippen molar-refractivity contribution in [2.45, 2.75) is 51.5 Å². The Labute approximate surface area is 210 Å². The predicted octanol–water partition coefficient (Wildman–Crippen LogP) is 4.21. The molecule has 0 aliphatic heterocycles. The van der Waals surface area contributed by atoms with Gasteiger partial charge in [0.25, 0.3) is 0 Å². The smallest absolute Gasteiger partial charge is 0.229 e. The van der Waals surface area contributed by atoms with Gasteiger partial charge in [-0.15, -0.1) is 0 Å². The summed E-state index contributed by atoms with van der Waals surface area (Å²) in [5.74, 6) is 2.64.